The molecule has 22 heavy (non-hydrogen) atoms. The molecular formula is C14H9Cl2FN2O2S. The number of hydrogen-bond donors (Lipinski definition) is 0. The second-order valence-electron chi connectivity index (χ2n) is 4.70. The fourth-order valence-corrected chi connectivity index (χ4v) is 3.66. The van der Waals surface area contributed by atoms with Crippen LogP contribution in [0.4, 0.5) is 4.39 Å². The van der Waals surface area contributed by atoms with Crippen molar-refractivity contribution in [1.29, 1.82) is 0 Å². The molecule has 2 heterocycles. The van der Waals surface area contributed by atoms with Crippen molar-refractivity contribution >= 4 is 44.3 Å². The number of hydrogen-bond acceptors (Lipinski definition) is 3. The maximum atomic E-state index is 14.1. The summed E-state index contributed by atoms with van der Waals surface area (Å²) in [5, 5.41) is -0.629. The van der Waals surface area contributed by atoms with Gasteiger partial charge in [0.1, 0.15) is 5.02 Å². The van der Waals surface area contributed by atoms with Gasteiger partial charge >= 0.3 is 0 Å². The molecule has 0 aliphatic rings. The highest BCUT2D eigenvalue weighted by Gasteiger charge is 2.23. The van der Waals surface area contributed by atoms with E-state index < -0.39 is 15.8 Å². The van der Waals surface area contributed by atoms with Crippen LogP contribution in [0.2, 0.25) is 10.2 Å². The SMILES string of the molecule is Cc1ccc(S(=O)(=O)n2ccc3c(F)c(Cl)c(Cl)nc32)cc1. The molecular weight excluding hydrogens is 350 g/mol. The van der Waals surface area contributed by atoms with Gasteiger partial charge in [-0.15, -0.1) is 0 Å². The summed E-state index contributed by atoms with van der Waals surface area (Å²) in [6, 6.07) is 7.60. The summed E-state index contributed by atoms with van der Waals surface area (Å²) < 4.78 is 40.2. The van der Waals surface area contributed by atoms with E-state index in [1.165, 1.54) is 24.4 Å². The maximum Gasteiger partial charge on any atom is 0.269 e. The van der Waals surface area contributed by atoms with Crippen LogP contribution < -0.4 is 0 Å². The predicted molar refractivity (Wildman–Crippen MR) is 83.5 cm³/mol. The van der Waals surface area contributed by atoms with Gasteiger partial charge in [0, 0.05) is 6.20 Å². The zero-order valence-electron chi connectivity index (χ0n) is 11.2. The first kappa shape index (κ1) is 15.3. The Labute approximate surface area is 136 Å². The Morgan fingerprint density at radius 2 is 1.77 bits per heavy atom. The van der Waals surface area contributed by atoms with Gasteiger partial charge in [0.15, 0.2) is 16.6 Å². The van der Waals surface area contributed by atoms with Crippen LogP contribution in [0, 0.1) is 12.7 Å². The minimum atomic E-state index is -3.90. The number of pyridine rings is 1. The highest BCUT2D eigenvalue weighted by atomic mass is 35.5. The molecule has 1 aromatic carbocycles. The van der Waals surface area contributed by atoms with Gasteiger partial charge in [0.2, 0.25) is 0 Å². The summed E-state index contributed by atoms with van der Waals surface area (Å²) in [7, 11) is -3.90. The Kier molecular flexibility index (Phi) is 3.63. The Morgan fingerprint density at radius 1 is 1.14 bits per heavy atom. The number of halogens is 3. The van der Waals surface area contributed by atoms with Gasteiger partial charge in [-0.2, -0.15) is 0 Å². The molecule has 3 aromatic rings. The first-order valence-electron chi connectivity index (χ1n) is 6.16. The van der Waals surface area contributed by atoms with Crippen LogP contribution in [0.15, 0.2) is 41.4 Å². The molecule has 0 aliphatic heterocycles. The lowest BCUT2D eigenvalue weighted by molar-refractivity contribution is 0.588. The molecule has 114 valence electrons. The number of rotatable bonds is 2. The molecule has 0 spiro atoms. The second kappa shape index (κ2) is 5.22. The molecule has 0 N–H and O–H groups in total. The van der Waals surface area contributed by atoms with Crippen LogP contribution in [0.1, 0.15) is 5.56 Å². The van der Waals surface area contributed by atoms with E-state index in [9.17, 15) is 12.8 Å². The van der Waals surface area contributed by atoms with E-state index >= 15 is 0 Å². The highest BCUT2D eigenvalue weighted by Crippen LogP contribution is 2.31. The van der Waals surface area contributed by atoms with Crippen molar-refractivity contribution in [1.82, 2.24) is 8.96 Å². The second-order valence-corrected chi connectivity index (χ2v) is 7.25. The van der Waals surface area contributed by atoms with Gasteiger partial charge in [-0.1, -0.05) is 40.9 Å². The molecule has 8 heteroatoms. The molecule has 0 bridgehead atoms. The molecule has 4 nitrogen and oxygen atoms in total. The van der Waals surface area contributed by atoms with Crippen LogP contribution in [0.3, 0.4) is 0 Å². The number of aromatic nitrogens is 2. The first-order valence-corrected chi connectivity index (χ1v) is 8.36. The Morgan fingerprint density at radius 3 is 2.41 bits per heavy atom. The Balaban J connectivity index is 2.28. The smallest absolute Gasteiger partial charge is 0.224 e. The van der Waals surface area contributed by atoms with Crippen molar-refractivity contribution in [3.05, 3.63) is 58.1 Å². The lowest BCUT2D eigenvalue weighted by atomic mass is 10.2. The monoisotopic (exact) mass is 358 g/mol. The average molecular weight is 359 g/mol. The normalized spacial score (nSPS) is 12.0. The summed E-state index contributed by atoms with van der Waals surface area (Å²) >= 11 is 11.4. The van der Waals surface area contributed by atoms with E-state index in [2.05, 4.69) is 4.98 Å². The molecule has 0 unspecified atom stereocenters. The van der Waals surface area contributed by atoms with E-state index in [1.54, 1.807) is 12.1 Å². The van der Waals surface area contributed by atoms with Crippen molar-refractivity contribution < 1.29 is 12.8 Å². The summed E-state index contributed by atoms with van der Waals surface area (Å²) in [6.45, 7) is 1.85. The highest BCUT2D eigenvalue weighted by molar-refractivity contribution is 7.90. The standard InChI is InChI=1S/C14H9Cl2FN2O2S/c1-8-2-4-9(5-3-8)22(20,21)19-7-6-10-12(17)11(15)13(16)18-14(10)19/h2-7H,1H3. The maximum absolute atomic E-state index is 14.1. The third-order valence-electron chi connectivity index (χ3n) is 3.22. The van der Waals surface area contributed by atoms with Gasteiger partial charge < -0.3 is 0 Å². The number of fused-ring (bicyclic) bond motifs is 1. The van der Waals surface area contributed by atoms with Crippen molar-refractivity contribution in [2.24, 2.45) is 0 Å². The average Bonchev–Trinajstić information content (AvgIpc) is 2.90. The zero-order valence-corrected chi connectivity index (χ0v) is 13.5. The summed E-state index contributed by atoms with van der Waals surface area (Å²) in [5.41, 5.74) is 0.822. The molecule has 2 aromatic heterocycles. The molecule has 3 rings (SSSR count). The third kappa shape index (κ3) is 2.27. The number of benzene rings is 1. The van der Waals surface area contributed by atoms with Crippen molar-refractivity contribution in [3.63, 3.8) is 0 Å². The molecule has 0 amide bonds. The number of aryl methyl sites for hydroxylation is 1. The molecule has 0 fully saturated rings. The molecule has 0 aliphatic carbocycles. The van der Waals surface area contributed by atoms with Gasteiger partial charge in [0.05, 0.1) is 10.3 Å². The van der Waals surface area contributed by atoms with Gasteiger partial charge in [-0.3, -0.25) is 0 Å². The molecule has 0 saturated carbocycles. The van der Waals surface area contributed by atoms with Gasteiger partial charge in [-0.05, 0) is 25.1 Å². The lowest BCUT2D eigenvalue weighted by Crippen LogP contribution is -2.12. The topological polar surface area (TPSA) is 52.0 Å². The molecule has 0 atom stereocenters. The largest absolute Gasteiger partial charge is 0.269 e. The molecule has 0 radical (unpaired) electrons. The van der Waals surface area contributed by atoms with Crippen LogP contribution in [0.25, 0.3) is 11.0 Å². The summed E-state index contributed by atoms with van der Waals surface area (Å²) in [6.07, 6.45) is 1.22. The predicted octanol–water partition coefficient (Wildman–Crippen LogP) is 4.03. The first-order chi connectivity index (χ1) is 10.3. The van der Waals surface area contributed by atoms with Crippen LogP contribution in [-0.4, -0.2) is 17.4 Å². The van der Waals surface area contributed by atoms with E-state index in [1.807, 2.05) is 6.92 Å². The quantitative estimate of drug-likeness (QED) is 0.650. The van der Waals surface area contributed by atoms with E-state index in [0.29, 0.717) is 0 Å². The lowest BCUT2D eigenvalue weighted by Gasteiger charge is -2.08. The summed E-state index contributed by atoms with van der Waals surface area (Å²) in [4.78, 5) is 3.96. The van der Waals surface area contributed by atoms with Crippen LogP contribution in [-0.2, 0) is 10.0 Å². The van der Waals surface area contributed by atoms with E-state index in [-0.39, 0.29) is 26.1 Å². The van der Waals surface area contributed by atoms with Crippen molar-refractivity contribution in [2.75, 3.05) is 0 Å². The Hall–Kier alpha value is -1.63. The number of nitrogens with zero attached hydrogens (tertiary/aromatic N) is 2. The minimum Gasteiger partial charge on any atom is -0.224 e. The van der Waals surface area contributed by atoms with Crippen LogP contribution in [0.5, 0.6) is 0 Å². The van der Waals surface area contributed by atoms with E-state index in [0.717, 1.165) is 9.54 Å². The van der Waals surface area contributed by atoms with Gasteiger partial charge in [0.25, 0.3) is 10.0 Å². The third-order valence-corrected chi connectivity index (χ3v) is 5.61. The summed E-state index contributed by atoms with van der Waals surface area (Å²) in [5.74, 6) is -0.797. The minimum absolute atomic E-state index is 0.00918. The fourth-order valence-electron chi connectivity index (χ4n) is 2.06. The van der Waals surface area contributed by atoms with Crippen LogP contribution >= 0.6 is 23.2 Å². The molecule has 0 saturated heterocycles. The Bertz CT molecular complexity index is 982. The van der Waals surface area contributed by atoms with Gasteiger partial charge in [-0.25, -0.2) is 21.8 Å². The zero-order chi connectivity index (χ0) is 16.1. The fraction of sp³-hybridized carbons (Fsp3) is 0.0714. The van der Waals surface area contributed by atoms with E-state index in [4.69, 9.17) is 23.2 Å². The van der Waals surface area contributed by atoms with Crippen molar-refractivity contribution in [2.45, 2.75) is 11.8 Å². The van der Waals surface area contributed by atoms with Crippen molar-refractivity contribution in [3.8, 4) is 0 Å².